The highest BCUT2D eigenvalue weighted by atomic mass is 16.3. The zero-order chi connectivity index (χ0) is 16.7. The monoisotopic (exact) mass is 312 g/mol. The molecule has 0 aliphatic heterocycles. The van der Waals surface area contributed by atoms with Crippen molar-refractivity contribution in [2.24, 2.45) is 0 Å². The van der Waals surface area contributed by atoms with Gasteiger partial charge in [-0.3, -0.25) is 9.59 Å². The highest BCUT2D eigenvalue weighted by Crippen LogP contribution is 2.10. The molecule has 2 amide bonds. The molecule has 3 N–H and O–H groups in total. The molecule has 0 aliphatic rings. The van der Waals surface area contributed by atoms with Crippen molar-refractivity contribution in [1.82, 2.24) is 5.32 Å². The van der Waals surface area contributed by atoms with Gasteiger partial charge in [0.2, 0.25) is 6.41 Å². The third-order valence-electron chi connectivity index (χ3n) is 3.60. The summed E-state index contributed by atoms with van der Waals surface area (Å²) in [7, 11) is 0. The predicted octanol–water partition coefficient (Wildman–Crippen LogP) is 1.98. The van der Waals surface area contributed by atoms with E-state index in [1.807, 2.05) is 30.3 Å². The van der Waals surface area contributed by atoms with E-state index in [1.54, 1.807) is 31.2 Å². The van der Waals surface area contributed by atoms with Gasteiger partial charge >= 0.3 is 0 Å². The lowest BCUT2D eigenvalue weighted by Gasteiger charge is -2.20. The third kappa shape index (κ3) is 4.93. The fraction of sp³-hybridized carbons (Fsp3) is 0.222. The highest BCUT2D eigenvalue weighted by molar-refractivity contribution is 5.94. The van der Waals surface area contributed by atoms with Crippen LogP contribution >= 0.6 is 0 Å². The summed E-state index contributed by atoms with van der Waals surface area (Å²) in [5.41, 5.74) is 2.11. The van der Waals surface area contributed by atoms with Gasteiger partial charge in [-0.2, -0.15) is 0 Å². The van der Waals surface area contributed by atoms with E-state index in [1.165, 1.54) is 0 Å². The van der Waals surface area contributed by atoms with Crippen LogP contribution in [0, 0.1) is 0 Å². The number of benzene rings is 2. The van der Waals surface area contributed by atoms with Crippen LogP contribution in [0.1, 0.15) is 22.8 Å². The first-order valence-electron chi connectivity index (χ1n) is 7.43. The van der Waals surface area contributed by atoms with E-state index in [2.05, 4.69) is 10.6 Å². The Kier molecular flexibility index (Phi) is 5.88. The van der Waals surface area contributed by atoms with Crippen molar-refractivity contribution >= 4 is 18.0 Å². The topological polar surface area (TPSA) is 78.4 Å². The first-order valence-corrected chi connectivity index (χ1v) is 7.43. The molecule has 5 nitrogen and oxygen atoms in total. The molecule has 23 heavy (non-hydrogen) atoms. The van der Waals surface area contributed by atoms with Crippen molar-refractivity contribution < 1.29 is 14.7 Å². The maximum absolute atomic E-state index is 12.2. The Bertz CT molecular complexity index is 641. The van der Waals surface area contributed by atoms with Crippen LogP contribution in [0.15, 0.2) is 54.6 Å². The van der Waals surface area contributed by atoms with Gasteiger partial charge < -0.3 is 15.7 Å². The molecule has 0 aliphatic carbocycles. The Hall–Kier alpha value is -2.66. The van der Waals surface area contributed by atoms with Gasteiger partial charge in [0.25, 0.3) is 5.91 Å². The van der Waals surface area contributed by atoms with E-state index in [0.29, 0.717) is 24.1 Å². The molecule has 2 atom stereocenters. The molecule has 5 heteroatoms. The van der Waals surface area contributed by atoms with Gasteiger partial charge in [0.05, 0.1) is 12.1 Å². The first-order chi connectivity index (χ1) is 11.1. The second-order valence-electron chi connectivity index (χ2n) is 5.36. The number of hydrogen-bond acceptors (Lipinski definition) is 3. The van der Waals surface area contributed by atoms with E-state index in [9.17, 15) is 14.7 Å². The third-order valence-corrected chi connectivity index (χ3v) is 3.60. The molecule has 0 spiro atoms. The number of rotatable bonds is 7. The van der Waals surface area contributed by atoms with Crippen molar-refractivity contribution in [3.8, 4) is 0 Å². The summed E-state index contributed by atoms with van der Waals surface area (Å²) in [6, 6.07) is 15.8. The lowest BCUT2D eigenvalue weighted by Crippen LogP contribution is -2.42. The summed E-state index contributed by atoms with van der Waals surface area (Å²) >= 11 is 0. The molecule has 0 saturated carbocycles. The lowest BCUT2D eigenvalue weighted by molar-refractivity contribution is -0.105. The summed E-state index contributed by atoms with van der Waals surface area (Å²) < 4.78 is 0. The first kappa shape index (κ1) is 16.7. The summed E-state index contributed by atoms with van der Waals surface area (Å²) in [4.78, 5) is 22.5. The number of carbonyl (C=O) groups is 2. The average Bonchev–Trinajstić information content (AvgIpc) is 2.56. The molecule has 120 valence electrons. The number of aliphatic hydroxyl groups is 1. The second kappa shape index (κ2) is 8.10. The minimum atomic E-state index is -0.669. The van der Waals surface area contributed by atoms with Gasteiger partial charge in [-0.15, -0.1) is 0 Å². The average molecular weight is 312 g/mol. The summed E-state index contributed by atoms with van der Waals surface area (Å²) in [5, 5.41) is 15.5. The SMILES string of the molecule is CC(NC(=O)c1ccc(NC=O)cc1)C(O)Cc1ccccc1. The lowest BCUT2D eigenvalue weighted by atomic mass is 10.0. The highest BCUT2D eigenvalue weighted by Gasteiger charge is 2.17. The minimum absolute atomic E-state index is 0.262. The molecule has 0 heterocycles. The van der Waals surface area contributed by atoms with Gasteiger partial charge in [0.15, 0.2) is 0 Å². The van der Waals surface area contributed by atoms with Crippen LogP contribution in [-0.4, -0.2) is 29.6 Å². The molecule has 0 bridgehead atoms. The Morgan fingerprint density at radius 2 is 1.78 bits per heavy atom. The van der Waals surface area contributed by atoms with Crippen LogP contribution in [0.2, 0.25) is 0 Å². The van der Waals surface area contributed by atoms with Crippen LogP contribution < -0.4 is 10.6 Å². The second-order valence-corrected chi connectivity index (χ2v) is 5.36. The van der Waals surface area contributed by atoms with Crippen LogP contribution in [0.3, 0.4) is 0 Å². The predicted molar refractivity (Wildman–Crippen MR) is 89.2 cm³/mol. The van der Waals surface area contributed by atoms with Crippen molar-refractivity contribution in [3.05, 3.63) is 65.7 Å². The van der Waals surface area contributed by atoms with E-state index in [-0.39, 0.29) is 11.9 Å². The van der Waals surface area contributed by atoms with E-state index in [4.69, 9.17) is 0 Å². The van der Waals surface area contributed by atoms with Gasteiger partial charge in [0.1, 0.15) is 0 Å². The number of aliphatic hydroxyl groups excluding tert-OH is 1. The molecule has 2 rings (SSSR count). The minimum Gasteiger partial charge on any atom is -0.391 e. The standard InChI is InChI=1S/C18H20N2O3/c1-13(17(22)11-14-5-3-2-4-6-14)20-18(23)15-7-9-16(10-8-15)19-12-21/h2-10,12-13,17,22H,11H2,1H3,(H,19,21)(H,20,23). The zero-order valence-electron chi connectivity index (χ0n) is 12.9. The van der Waals surface area contributed by atoms with Crippen LogP contribution in [0.25, 0.3) is 0 Å². The molecule has 2 aromatic rings. The summed E-state index contributed by atoms with van der Waals surface area (Å²) in [6.45, 7) is 1.77. The van der Waals surface area contributed by atoms with E-state index >= 15 is 0 Å². The van der Waals surface area contributed by atoms with Crippen molar-refractivity contribution in [2.75, 3.05) is 5.32 Å². The molecule has 2 aromatic carbocycles. The maximum Gasteiger partial charge on any atom is 0.251 e. The van der Waals surface area contributed by atoms with Crippen molar-refractivity contribution in [1.29, 1.82) is 0 Å². The summed E-state index contributed by atoms with van der Waals surface area (Å²) in [5.74, 6) is -0.262. The molecule has 0 radical (unpaired) electrons. The zero-order valence-corrected chi connectivity index (χ0v) is 12.9. The normalized spacial score (nSPS) is 13.0. The van der Waals surface area contributed by atoms with Crippen LogP contribution in [0.4, 0.5) is 5.69 Å². The molecule has 0 fully saturated rings. The number of amides is 2. The fourth-order valence-corrected chi connectivity index (χ4v) is 2.20. The number of anilines is 1. The van der Waals surface area contributed by atoms with Crippen molar-refractivity contribution in [2.45, 2.75) is 25.5 Å². The summed E-state index contributed by atoms with van der Waals surface area (Å²) in [6.07, 6.45) is 0.388. The Morgan fingerprint density at radius 3 is 2.39 bits per heavy atom. The van der Waals surface area contributed by atoms with Gasteiger partial charge in [-0.05, 0) is 36.8 Å². The molecular weight excluding hydrogens is 292 g/mol. The van der Waals surface area contributed by atoms with Gasteiger partial charge in [0, 0.05) is 17.7 Å². The molecular formula is C18H20N2O3. The van der Waals surface area contributed by atoms with E-state index in [0.717, 1.165) is 5.56 Å². The van der Waals surface area contributed by atoms with Crippen LogP contribution in [-0.2, 0) is 11.2 Å². The Balaban J connectivity index is 1.91. The van der Waals surface area contributed by atoms with Gasteiger partial charge in [-0.25, -0.2) is 0 Å². The van der Waals surface area contributed by atoms with Gasteiger partial charge in [-0.1, -0.05) is 30.3 Å². The van der Waals surface area contributed by atoms with Crippen LogP contribution in [0.5, 0.6) is 0 Å². The largest absolute Gasteiger partial charge is 0.391 e. The molecule has 0 saturated heterocycles. The fourth-order valence-electron chi connectivity index (χ4n) is 2.20. The number of carbonyl (C=O) groups excluding carboxylic acids is 2. The number of nitrogens with one attached hydrogen (secondary N) is 2. The number of hydrogen-bond donors (Lipinski definition) is 3. The van der Waals surface area contributed by atoms with Crippen molar-refractivity contribution in [3.63, 3.8) is 0 Å². The molecule has 0 aromatic heterocycles. The quantitative estimate of drug-likeness (QED) is 0.684. The maximum atomic E-state index is 12.2. The Morgan fingerprint density at radius 1 is 1.13 bits per heavy atom. The molecule has 2 unspecified atom stereocenters. The van der Waals surface area contributed by atoms with E-state index < -0.39 is 6.10 Å². The smallest absolute Gasteiger partial charge is 0.251 e. The Labute approximate surface area is 135 Å².